The van der Waals surface area contributed by atoms with Gasteiger partial charge in [0, 0.05) is 12.6 Å². The summed E-state index contributed by atoms with van der Waals surface area (Å²) in [6, 6.07) is 15.4. The highest BCUT2D eigenvalue weighted by Crippen LogP contribution is 2.35. The van der Waals surface area contributed by atoms with Crippen molar-refractivity contribution in [1.82, 2.24) is 14.5 Å². The zero-order chi connectivity index (χ0) is 20.8. The maximum absolute atomic E-state index is 13.2. The highest BCUT2D eigenvalue weighted by atomic mass is 32.1. The Morgan fingerprint density at radius 3 is 2.73 bits per heavy atom. The lowest BCUT2D eigenvalue weighted by atomic mass is 10.1. The van der Waals surface area contributed by atoms with Crippen LogP contribution >= 0.6 is 11.3 Å². The van der Waals surface area contributed by atoms with E-state index in [1.165, 1.54) is 10.9 Å². The second-order valence-corrected chi connectivity index (χ2v) is 7.89. The number of carbonyl (C=O) groups excluding carboxylic acids is 1. The number of para-hydroxylation sites is 2. The van der Waals surface area contributed by atoms with Crippen LogP contribution in [0.3, 0.4) is 0 Å². The number of hydrogen-bond acceptors (Lipinski definition) is 6. The Labute approximate surface area is 174 Å². The largest absolute Gasteiger partial charge is 0.442 e. The van der Waals surface area contributed by atoms with Gasteiger partial charge in [-0.2, -0.15) is 0 Å². The zero-order valence-electron chi connectivity index (χ0n) is 16.2. The number of rotatable bonds is 3. The molecule has 0 saturated carbocycles. The summed E-state index contributed by atoms with van der Waals surface area (Å²) in [4.78, 5) is 34.5. The van der Waals surface area contributed by atoms with E-state index < -0.39 is 5.91 Å². The number of benzene rings is 2. The van der Waals surface area contributed by atoms with Crippen molar-refractivity contribution in [2.24, 2.45) is 7.05 Å². The van der Waals surface area contributed by atoms with Crippen LogP contribution in [0.4, 0.5) is 5.69 Å². The minimum atomic E-state index is -0.426. The van der Waals surface area contributed by atoms with E-state index in [1.54, 1.807) is 25.3 Å². The highest BCUT2D eigenvalue weighted by Gasteiger charge is 2.23. The van der Waals surface area contributed by atoms with Crippen molar-refractivity contribution in [3.8, 4) is 10.6 Å². The lowest BCUT2D eigenvalue weighted by Gasteiger charge is -2.09. The third-order valence-electron chi connectivity index (χ3n) is 4.87. The second kappa shape index (κ2) is 6.93. The quantitative estimate of drug-likeness (QED) is 0.472. The number of aryl methyl sites for hydroxylation is 2. The number of fused-ring (bicyclic) bond motifs is 2. The summed E-state index contributed by atoms with van der Waals surface area (Å²) in [7, 11) is 1.58. The second-order valence-electron chi connectivity index (χ2n) is 6.86. The predicted molar refractivity (Wildman–Crippen MR) is 117 cm³/mol. The van der Waals surface area contributed by atoms with Crippen LogP contribution in [-0.2, 0) is 7.05 Å². The summed E-state index contributed by atoms with van der Waals surface area (Å²) in [5.74, 6) is -0.0827. The van der Waals surface area contributed by atoms with E-state index in [2.05, 4.69) is 10.3 Å². The highest BCUT2D eigenvalue weighted by molar-refractivity contribution is 7.21. The van der Waals surface area contributed by atoms with Crippen molar-refractivity contribution in [3.63, 3.8) is 0 Å². The molecule has 1 amide bonds. The van der Waals surface area contributed by atoms with Gasteiger partial charge in [-0.15, -0.1) is 11.3 Å². The average Bonchev–Trinajstić information content (AvgIpc) is 3.32. The van der Waals surface area contributed by atoms with Crippen LogP contribution in [0.5, 0.6) is 0 Å². The standard InChI is InChI=1S/C22H16N4O3S/c1-12-17(18-20(29-12)23-11-26(2)22(18)28)19(27)24-14-8-4-3-7-13(14)21-25-15-9-5-6-10-16(15)30-21/h3-11H,1-2H3,(H,24,27). The first-order chi connectivity index (χ1) is 14.5. The van der Waals surface area contributed by atoms with Gasteiger partial charge in [0.25, 0.3) is 11.5 Å². The first-order valence-corrected chi connectivity index (χ1v) is 10.1. The number of nitrogens with one attached hydrogen (secondary N) is 1. The van der Waals surface area contributed by atoms with Crippen LogP contribution in [0.1, 0.15) is 16.1 Å². The van der Waals surface area contributed by atoms with Crippen LogP contribution in [0.2, 0.25) is 0 Å². The van der Waals surface area contributed by atoms with Gasteiger partial charge >= 0.3 is 0 Å². The number of amides is 1. The fourth-order valence-corrected chi connectivity index (χ4v) is 4.42. The molecule has 30 heavy (non-hydrogen) atoms. The molecule has 0 unspecified atom stereocenters. The monoisotopic (exact) mass is 416 g/mol. The van der Waals surface area contributed by atoms with Crippen LogP contribution in [0.15, 0.2) is 64.1 Å². The number of furan rings is 1. The minimum absolute atomic E-state index is 0.153. The van der Waals surface area contributed by atoms with E-state index in [0.29, 0.717) is 11.4 Å². The van der Waals surface area contributed by atoms with Crippen molar-refractivity contribution < 1.29 is 9.21 Å². The van der Waals surface area contributed by atoms with Gasteiger partial charge in [0.15, 0.2) is 0 Å². The SMILES string of the molecule is Cc1oc2ncn(C)c(=O)c2c1C(=O)Nc1ccccc1-c1nc2ccccc2s1. The summed E-state index contributed by atoms with van der Waals surface area (Å²) >= 11 is 1.55. The molecular formula is C22H16N4O3S. The molecule has 0 aliphatic heterocycles. The van der Waals surface area contributed by atoms with Gasteiger partial charge in [-0.25, -0.2) is 9.97 Å². The smallest absolute Gasteiger partial charge is 0.265 e. The third-order valence-corrected chi connectivity index (χ3v) is 5.94. The third kappa shape index (κ3) is 2.89. The van der Waals surface area contributed by atoms with Gasteiger partial charge in [0.1, 0.15) is 22.5 Å². The maximum Gasteiger partial charge on any atom is 0.265 e. The minimum Gasteiger partial charge on any atom is -0.442 e. The Morgan fingerprint density at radius 2 is 1.90 bits per heavy atom. The molecule has 5 aromatic rings. The molecule has 5 rings (SSSR count). The molecule has 0 spiro atoms. The lowest BCUT2D eigenvalue weighted by Crippen LogP contribution is -2.20. The molecular weight excluding hydrogens is 400 g/mol. The Kier molecular flexibility index (Phi) is 4.22. The van der Waals surface area contributed by atoms with E-state index in [1.807, 2.05) is 48.5 Å². The molecule has 1 N–H and O–H groups in total. The van der Waals surface area contributed by atoms with Crippen molar-refractivity contribution in [3.05, 3.63) is 76.5 Å². The topological polar surface area (TPSA) is 90.0 Å². The fraction of sp³-hybridized carbons (Fsp3) is 0.0909. The summed E-state index contributed by atoms with van der Waals surface area (Å²) in [5, 5.41) is 3.90. The number of anilines is 1. The lowest BCUT2D eigenvalue weighted by molar-refractivity contribution is 0.102. The Balaban J connectivity index is 1.59. The van der Waals surface area contributed by atoms with Crippen LogP contribution in [0.25, 0.3) is 31.9 Å². The number of thiazole rings is 1. The van der Waals surface area contributed by atoms with Crippen LogP contribution in [-0.4, -0.2) is 20.4 Å². The zero-order valence-corrected chi connectivity index (χ0v) is 17.0. The molecule has 8 heteroatoms. The number of aromatic nitrogens is 3. The Bertz CT molecular complexity index is 1460. The predicted octanol–water partition coefficient (Wildman–Crippen LogP) is 4.36. The Morgan fingerprint density at radius 1 is 1.13 bits per heavy atom. The summed E-state index contributed by atoms with van der Waals surface area (Å²) in [6.07, 6.45) is 1.37. The van der Waals surface area contributed by atoms with Crippen molar-refractivity contribution in [2.45, 2.75) is 6.92 Å². The molecule has 0 fully saturated rings. The Hall–Kier alpha value is -3.78. The first-order valence-electron chi connectivity index (χ1n) is 9.24. The van der Waals surface area contributed by atoms with Gasteiger partial charge in [-0.05, 0) is 31.2 Å². The molecule has 3 aromatic heterocycles. The van der Waals surface area contributed by atoms with Gasteiger partial charge in [-0.3, -0.25) is 9.59 Å². The number of nitrogens with zero attached hydrogens (tertiary/aromatic N) is 3. The first kappa shape index (κ1) is 18.3. The molecule has 3 heterocycles. The molecule has 0 bridgehead atoms. The van der Waals surface area contributed by atoms with Crippen molar-refractivity contribution in [1.29, 1.82) is 0 Å². The molecule has 0 radical (unpaired) electrons. The number of carbonyl (C=O) groups is 1. The van der Waals surface area contributed by atoms with Gasteiger partial charge in [0.2, 0.25) is 5.71 Å². The van der Waals surface area contributed by atoms with Gasteiger partial charge in [-0.1, -0.05) is 24.3 Å². The van der Waals surface area contributed by atoms with E-state index in [0.717, 1.165) is 20.8 Å². The van der Waals surface area contributed by atoms with Gasteiger partial charge in [0.05, 0.1) is 21.5 Å². The molecule has 0 aliphatic carbocycles. The van der Waals surface area contributed by atoms with Crippen LogP contribution in [0, 0.1) is 6.92 Å². The average molecular weight is 416 g/mol. The fourth-order valence-electron chi connectivity index (χ4n) is 3.41. The summed E-state index contributed by atoms with van der Waals surface area (Å²) in [5.41, 5.74) is 2.34. The van der Waals surface area contributed by atoms with E-state index in [4.69, 9.17) is 9.40 Å². The van der Waals surface area contributed by atoms with Gasteiger partial charge < -0.3 is 14.3 Å². The molecule has 148 valence electrons. The normalized spacial score (nSPS) is 11.3. The summed E-state index contributed by atoms with van der Waals surface area (Å²) < 4.78 is 7.94. The van der Waals surface area contributed by atoms with E-state index >= 15 is 0 Å². The molecule has 2 aromatic carbocycles. The maximum atomic E-state index is 13.2. The van der Waals surface area contributed by atoms with E-state index in [9.17, 15) is 9.59 Å². The molecule has 0 saturated heterocycles. The molecule has 0 aliphatic rings. The summed E-state index contributed by atoms with van der Waals surface area (Å²) in [6.45, 7) is 1.65. The van der Waals surface area contributed by atoms with Crippen LogP contribution < -0.4 is 10.9 Å². The van der Waals surface area contributed by atoms with Crippen molar-refractivity contribution >= 4 is 44.2 Å². The molecule has 7 nitrogen and oxygen atoms in total. The van der Waals surface area contributed by atoms with Crippen molar-refractivity contribution in [2.75, 3.05) is 5.32 Å². The molecule has 0 atom stereocenters. The van der Waals surface area contributed by atoms with E-state index in [-0.39, 0.29) is 22.2 Å². The number of hydrogen-bond donors (Lipinski definition) is 1.